The quantitative estimate of drug-likeness (QED) is 0.0572. The van der Waals surface area contributed by atoms with Gasteiger partial charge in [0.25, 0.3) is 23.2 Å². The number of nitrogens with two attached hydrogens (primary N) is 1. The Morgan fingerprint density at radius 3 is 1.30 bits per heavy atom. The van der Waals surface area contributed by atoms with Crippen molar-refractivity contribution in [2.75, 3.05) is 17.2 Å². The number of hydrogen-bond acceptors (Lipinski definition) is 15. The molecule has 0 heterocycles. The van der Waals surface area contributed by atoms with Gasteiger partial charge in [-0.2, -0.15) is 10.2 Å². The summed E-state index contributed by atoms with van der Waals surface area (Å²) in [4.78, 5) is 44.3. The molecule has 0 unspecified atom stereocenters. The zero-order valence-corrected chi connectivity index (χ0v) is 31.1. The fraction of sp³-hybridized carbons (Fsp3) is 0.167. The summed E-state index contributed by atoms with van der Waals surface area (Å²) in [6.45, 7) is 5.21. The first-order valence-electron chi connectivity index (χ1n) is 16.1. The molecule has 0 radical (unpaired) electrons. The van der Waals surface area contributed by atoms with E-state index in [9.17, 15) is 50.2 Å². The van der Waals surface area contributed by atoms with E-state index in [2.05, 4.69) is 38.0 Å². The molecule has 0 aromatic heterocycles. The van der Waals surface area contributed by atoms with Crippen LogP contribution >= 0.6 is 0 Å². The second kappa shape index (κ2) is 24.3. The van der Waals surface area contributed by atoms with E-state index in [1.165, 1.54) is 12.8 Å². The number of non-ortho nitro benzene ring substituents is 2. The maximum atomic E-state index is 12.1. The van der Waals surface area contributed by atoms with Gasteiger partial charge in [0.05, 0.1) is 21.2 Å². The van der Waals surface area contributed by atoms with Crippen LogP contribution in [0.15, 0.2) is 140 Å². The van der Waals surface area contributed by atoms with E-state index in [1.807, 2.05) is 0 Å². The third kappa shape index (κ3) is 15.9. The topological polar surface area (TPSA) is 312 Å². The predicted molar refractivity (Wildman–Crippen MR) is 195 cm³/mol. The Kier molecular flexibility index (Phi) is 20.4. The van der Waals surface area contributed by atoms with Gasteiger partial charge < -0.3 is 36.8 Å². The van der Waals surface area contributed by atoms with E-state index in [-0.39, 0.29) is 41.0 Å². The number of para-hydroxylation sites is 2. The van der Waals surface area contributed by atoms with E-state index in [4.69, 9.17) is 5.73 Å². The number of hydrogen-bond donors (Lipinski definition) is 3. The number of azo groups is 2. The van der Waals surface area contributed by atoms with Crippen LogP contribution in [0.1, 0.15) is 35.0 Å². The third-order valence-corrected chi connectivity index (χ3v) is 6.54. The number of carbonyl (C=O) groups excluding carboxylic acids is 2. The monoisotopic (exact) mass is 813 g/mol. The Morgan fingerprint density at radius 2 is 1.04 bits per heavy atom. The standard InChI is InChI=1S/2C16H14N4O5.C4H11N.Co/c2*1-10(21)15(16(23)17-11-5-3-2-4-6-11)19-18-13-9-12(20(24)25)7-8-14(13)22;1-2-3-4-5;/h2*2-9,21-22H,1H3,(H,17,23);2-5H2,1H3;/q;;;+3/p-3/b15-10+,19-18?;15-10-,19-18?;;. The first-order valence-corrected chi connectivity index (χ1v) is 16.1. The first-order chi connectivity index (χ1) is 26.2. The number of nitrogens with zero attached hydrogens (tertiary/aromatic N) is 6. The molecule has 0 aliphatic carbocycles. The minimum atomic E-state index is -0.805. The van der Waals surface area contributed by atoms with Gasteiger partial charge in [-0.05, 0) is 37.2 Å². The van der Waals surface area contributed by atoms with Crippen LogP contribution in [0.25, 0.3) is 0 Å². The molecule has 19 nitrogen and oxygen atoms in total. The zero-order valence-electron chi connectivity index (χ0n) is 31.0. The molecule has 4 N–H and O–H groups in total. The first kappa shape index (κ1) is 47.0. The molecule has 4 rings (SSSR count). The predicted octanol–water partition coefficient (Wildman–Crippen LogP) is 4.82. The summed E-state index contributed by atoms with van der Waals surface area (Å²) in [5.41, 5.74) is 3.56. The summed E-state index contributed by atoms with van der Waals surface area (Å²) < 4.78 is 0. The molecule has 0 fully saturated rings. The molecule has 0 atom stereocenters. The fourth-order valence-electron chi connectivity index (χ4n) is 3.78. The molecule has 0 bridgehead atoms. The minimum absolute atomic E-state index is 0. The van der Waals surface area contributed by atoms with Crippen LogP contribution in [0.2, 0.25) is 0 Å². The van der Waals surface area contributed by atoms with E-state index in [0.29, 0.717) is 11.4 Å². The molecule has 0 spiro atoms. The number of benzene rings is 4. The average Bonchev–Trinajstić information content (AvgIpc) is 3.14. The second-order valence-corrected chi connectivity index (χ2v) is 10.8. The molecule has 56 heavy (non-hydrogen) atoms. The van der Waals surface area contributed by atoms with Crippen molar-refractivity contribution in [2.45, 2.75) is 33.6 Å². The number of allylic oxidation sites excluding steroid dienone is 2. The van der Waals surface area contributed by atoms with Gasteiger partial charge in [-0.15, -0.1) is 21.7 Å². The number of unbranched alkanes of at least 4 members (excludes halogenated alkanes) is 1. The number of anilines is 2. The van der Waals surface area contributed by atoms with E-state index < -0.39 is 56.1 Å². The van der Waals surface area contributed by atoms with Gasteiger partial charge in [0, 0.05) is 35.6 Å². The van der Waals surface area contributed by atoms with Crippen molar-refractivity contribution in [1.29, 1.82) is 0 Å². The van der Waals surface area contributed by atoms with Crippen molar-refractivity contribution in [2.24, 2.45) is 26.2 Å². The van der Waals surface area contributed by atoms with Crippen LogP contribution in [0.5, 0.6) is 11.5 Å². The molecule has 4 aromatic carbocycles. The van der Waals surface area contributed by atoms with Crippen molar-refractivity contribution >= 4 is 45.9 Å². The molecular formula is C36H36CoN9O10. The smallest absolute Gasteiger partial charge is 0.874 e. The van der Waals surface area contributed by atoms with E-state index >= 15 is 0 Å². The van der Waals surface area contributed by atoms with E-state index in [0.717, 1.165) is 56.8 Å². The largest absolute Gasteiger partial charge is 3.00 e. The molecule has 0 saturated carbocycles. The van der Waals surface area contributed by atoms with Crippen LogP contribution < -0.4 is 36.8 Å². The van der Waals surface area contributed by atoms with Crippen LogP contribution in [0.4, 0.5) is 34.1 Å². The second-order valence-electron chi connectivity index (χ2n) is 10.8. The Bertz CT molecular complexity index is 1930. The van der Waals surface area contributed by atoms with Gasteiger partial charge in [0.15, 0.2) is 0 Å². The number of nitro groups is 2. The number of rotatable bonds is 12. The van der Waals surface area contributed by atoms with Crippen LogP contribution in [0, 0.1) is 20.2 Å². The summed E-state index contributed by atoms with van der Waals surface area (Å²) in [5, 5.41) is 87.0. The molecular weight excluding hydrogens is 777 g/mol. The molecule has 0 saturated heterocycles. The minimum Gasteiger partial charge on any atom is -0.874 e. The van der Waals surface area contributed by atoms with Crippen molar-refractivity contribution in [1.82, 2.24) is 0 Å². The van der Waals surface area contributed by atoms with Gasteiger partial charge in [0.1, 0.15) is 11.4 Å². The molecule has 0 aliphatic heterocycles. The number of nitrogens with one attached hydrogen (secondary N) is 2. The van der Waals surface area contributed by atoms with Gasteiger partial charge >= 0.3 is 18.2 Å². The summed E-state index contributed by atoms with van der Waals surface area (Å²) >= 11 is 0. The SMILES string of the molecule is C/C([O-])=C(/N=Nc1cc([N+](=O)[O-])ccc1[O-])C(=O)Nc1ccccc1.C/C([O-])=C(\N=Nc1cc([N+](=O)[O-])ccc1[O-])C(=O)Nc1ccccc1.CCCCN.[Co+3].[H+]. The number of carbonyl (C=O) groups is 2. The third-order valence-electron chi connectivity index (χ3n) is 6.54. The molecule has 294 valence electrons. The van der Waals surface area contributed by atoms with Crippen LogP contribution in [0.3, 0.4) is 0 Å². The average molecular weight is 814 g/mol. The molecule has 4 aromatic rings. The summed E-state index contributed by atoms with van der Waals surface area (Å²) in [5.74, 6) is -4.20. The maximum absolute atomic E-state index is 12.1. The fourth-order valence-corrected chi connectivity index (χ4v) is 3.78. The van der Waals surface area contributed by atoms with Crippen molar-refractivity contribution in [3.8, 4) is 11.5 Å². The van der Waals surface area contributed by atoms with Crippen LogP contribution in [-0.2, 0) is 26.4 Å². The normalized spacial score (nSPS) is 11.4. The number of amides is 2. The maximum Gasteiger partial charge on any atom is 3.00 e. The van der Waals surface area contributed by atoms with Gasteiger partial charge in [-0.1, -0.05) is 87.2 Å². The molecule has 20 heteroatoms. The zero-order chi connectivity index (χ0) is 40.9. The molecule has 0 aliphatic rings. The van der Waals surface area contributed by atoms with Crippen molar-refractivity contribution in [3.63, 3.8) is 0 Å². The number of nitro benzene ring substituents is 2. The summed E-state index contributed by atoms with van der Waals surface area (Å²) in [7, 11) is 0. The Labute approximate surface area is 332 Å². The van der Waals surface area contributed by atoms with Crippen molar-refractivity contribution in [3.05, 3.63) is 140 Å². The Morgan fingerprint density at radius 1 is 0.679 bits per heavy atom. The summed E-state index contributed by atoms with van der Waals surface area (Å²) in [6.07, 6.45) is 2.39. The van der Waals surface area contributed by atoms with Gasteiger partial charge in [-0.3, -0.25) is 29.8 Å². The van der Waals surface area contributed by atoms with Gasteiger partial charge in [0.2, 0.25) is 0 Å². The Hall–Kier alpha value is -7.03. The molecule has 2 amide bonds. The Balaban J connectivity index is 0.000000953. The van der Waals surface area contributed by atoms with Crippen molar-refractivity contribution < 1.29 is 58.1 Å². The summed E-state index contributed by atoms with van der Waals surface area (Å²) in [6, 6.07) is 22.5. The van der Waals surface area contributed by atoms with E-state index in [1.54, 1.807) is 60.7 Å². The van der Waals surface area contributed by atoms with Crippen LogP contribution in [-0.4, -0.2) is 28.2 Å². The van der Waals surface area contributed by atoms with Gasteiger partial charge in [-0.25, -0.2) is 0 Å².